The Morgan fingerprint density at radius 3 is 2.95 bits per heavy atom. The molecule has 0 atom stereocenters. The number of hydrogen-bond acceptors (Lipinski definition) is 5. The van der Waals surface area contributed by atoms with Crippen LogP contribution in [0.25, 0.3) is 0 Å². The highest BCUT2D eigenvalue weighted by Gasteiger charge is 2.28. The fraction of sp³-hybridized carbons (Fsp3) is 0.308. The first-order chi connectivity index (χ1) is 9.63. The number of nitrogens with zero attached hydrogens (tertiary/aromatic N) is 2. The molecule has 0 unspecified atom stereocenters. The van der Waals surface area contributed by atoms with Gasteiger partial charge < -0.3 is 14.4 Å². The van der Waals surface area contributed by atoms with E-state index >= 15 is 0 Å². The highest BCUT2D eigenvalue weighted by Crippen LogP contribution is 2.38. The van der Waals surface area contributed by atoms with Gasteiger partial charge in [-0.1, -0.05) is 5.16 Å². The van der Waals surface area contributed by atoms with Crippen LogP contribution in [0.4, 0.5) is 4.39 Å². The predicted octanol–water partition coefficient (Wildman–Crippen LogP) is 2.36. The van der Waals surface area contributed by atoms with Gasteiger partial charge >= 0.3 is 5.97 Å². The lowest BCUT2D eigenvalue weighted by atomic mass is 10.2. The van der Waals surface area contributed by atoms with E-state index in [1.165, 1.54) is 12.1 Å². The van der Waals surface area contributed by atoms with Crippen molar-refractivity contribution >= 4 is 5.97 Å². The molecule has 7 heteroatoms. The van der Waals surface area contributed by atoms with Crippen LogP contribution in [0.2, 0.25) is 0 Å². The van der Waals surface area contributed by atoms with E-state index in [2.05, 4.69) is 10.1 Å². The van der Waals surface area contributed by atoms with Gasteiger partial charge in [0.25, 0.3) is 5.89 Å². The lowest BCUT2D eigenvalue weighted by Crippen LogP contribution is -2.01. The number of aromatic carboxylic acids is 1. The molecular formula is C13H11FN2O4. The predicted molar refractivity (Wildman–Crippen MR) is 64.0 cm³/mol. The average Bonchev–Trinajstić information content (AvgIpc) is 3.17. The van der Waals surface area contributed by atoms with Gasteiger partial charge in [0.2, 0.25) is 0 Å². The summed E-state index contributed by atoms with van der Waals surface area (Å²) in [6.07, 6.45) is 2.12. The van der Waals surface area contributed by atoms with Crippen molar-refractivity contribution in [3.63, 3.8) is 0 Å². The number of benzene rings is 1. The van der Waals surface area contributed by atoms with Crippen LogP contribution in [0, 0.1) is 5.82 Å². The molecule has 1 aromatic heterocycles. The summed E-state index contributed by atoms with van der Waals surface area (Å²) in [5, 5.41) is 12.5. The number of rotatable bonds is 5. The second kappa shape index (κ2) is 4.92. The van der Waals surface area contributed by atoms with Gasteiger partial charge in [0.15, 0.2) is 24.0 Å². The summed E-state index contributed by atoms with van der Waals surface area (Å²) in [6, 6.07) is 3.43. The summed E-state index contributed by atoms with van der Waals surface area (Å²) in [4.78, 5) is 14.8. The highest BCUT2D eigenvalue weighted by molar-refractivity contribution is 5.87. The van der Waals surface area contributed by atoms with E-state index in [9.17, 15) is 9.18 Å². The summed E-state index contributed by atoms with van der Waals surface area (Å²) in [5.41, 5.74) is -0.136. The van der Waals surface area contributed by atoms with Gasteiger partial charge in [-0.25, -0.2) is 9.18 Å². The summed E-state index contributed by atoms with van der Waals surface area (Å²) >= 11 is 0. The number of ether oxygens (including phenoxy) is 1. The molecule has 0 radical (unpaired) electrons. The molecule has 0 spiro atoms. The molecule has 0 saturated heterocycles. The van der Waals surface area contributed by atoms with Crippen LogP contribution in [0.1, 0.15) is 40.8 Å². The third-order valence-corrected chi connectivity index (χ3v) is 2.96. The Bertz CT molecular complexity index is 652. The van der Waals surface area contributed by atoms with Crippen molar-refractivity contribution in [1.82, 2.24) is 10.1 Å². The molecule has 1 aliphatic carbocycles. The molecule has 1 heterocycles. The largest absolute Gasteiger partial charge is 0.481 e. The van der Waals surface area contributed by atoms with Gasteiger partial charge in [-0.15, -0.1) is 0 Å². The van der Waals surface area contributed by atoms with Crippen LogP contribution in [0.5, 0.6) is 5.75 Å². The topological polar surface area (TPSA) is 85.5 Å². The van der Waals surface area contributed by atoms with Crippen LogP contribution >= 0.6 is 0 Å². The minimum absolute atomic E-state index is 0.0525. The quantitative estimate of drug-likeness (QED) is 0.903. The lowest BCUT2D eigenvalue weighted by Gasteiger charge is -2.05. The molecule has 3 rings (SSSR count). The van der Waals surface area contributed by atoms with E-state index in [0.717, 1.165) is 18.9 Å². The molecular weight excluding hydrogens is 267 g/mol. The maximum atomic E-state index is 13.6. The van der Waals surface area contributed by atoms with Gasteiger partial charge in [0, 0.05) is 5.92 Å². The lowest BCUT2D eigenvalue weighted by molar-refractivity contribution is 0.0696. The number of carbonyl (C=O) groups is 1. The molecule has 0 bridgehead atoms. The zero-order chi connectivity index (χ0) is 14.1. The Balaban J connectivity index is 1.66. The zero-order valence-electron chi connectivity index (χ0n) is 10.4. The molecule has 6 nitrogen and oxygen atoms in total. The molecule has 1 aliphatic rings. The monoisotopic (exact) mass is 278 g/mol. The SMILES string of the molecule is O=C(O)c1ccc(OCc2nc(C3CC3)no2)c(F)c1. The van der Waals surface area contributed by atoms with E-state index < -0.39 is 11.8 Å². The third kappa shape index (κ3) is 2.61. The summed E-state index contributed by atoms with van der Waals surface area (Å²) in [6.45, 7) is -0.0525. The first-order valence-electron chi connectivity index (χ1n) is 6.11. The molecule has 1 N–H and O–H groups in total. The first-order valence-corrected chi connectivity index (χ1v) is 6.11. The van der Waals surface area contributed by atoms with Crippen molar-refractivity contribution in [3.8, 4) is 5.75 Å². The average molecular weight is 278 g/mol. The Morgan fingerprint density at radius 1 is 1.50 bits per heavy atom. The van der Waals surface area contributed by atoms with Crippen LogP contribution in [0.15, 0.2) is 22.7 Å². The van der Waals surface area contributed by atoms with Crippen molar-refractivity contribution in [3.05, 3.63) is 41.3 Å². The second-order valence-corrected chi connectivity index (χ2v) is 4.56. The fourth-order valence-corrected chi connectivity index (χ4v) is 1.72. The molecule has 1 fully saturated rings. The maximum Gasteiger partial charge on any atom is 0.335 e. The highest BCUT2D eigenvalue weighted by atomic mass is 19.1. The van der Waals surface area contributed by atoms with E-state index in [1.807, 2.05) is 0 Å². The molecule has 1 saturated carbocycles. The minimum atomic E-state index is -1.19. The minimum Gasteiger partial charge on any atom is -0.481 e. The normalized spacial score (nSPS) is 14.2. The van der Waals surface area contributed by atoms with Crippen molar-refractivity contribution in [2.24, 2.45) is 0 Å². The van der Waals surface area contributed by atoms with Crippen LogP contribution < -0.4 is 4.74 Å². The van der Waals surface area contributed by atoms with Gasteiger partial charge in [0.1, 0.15) is 0 Å². The third-order valence-electron chi connectivity index (χ3n) is 2.96. The number of carboxylic acid groups (broad SMARTS) is 1. The zero-order valence-corrected chi connectivity index (χ0v) is 10.4. The van der Waals surface area contributed by atoms with Gasteiger partial charge in [-0.05, 0) is 31.0 Å². The Labute approximate surface area is 113 Å². The van der Waals surface area contributed by atoms with Crippen LogP contribution in [-0.4, -0.2) is 21.2 Å². The summed E-state index contributed by atoms with van der Waals surface area (Å²) in [7, 11) is 0. The Kier molecular flexibility index (Phi) is 3.09. The van der Waals surface area contributed by atoms with Crippen LogP contribution in [-0.2, 0) is 6.61 Å². The smallest absolute Gasteiger partial charge is 0.335 e. The molecule has 104 valence electrons. The fourth-order valence-electron chi connectivity index (χ4n) is 1.72. The summed E-state index contributed by atoms with van der Waals surface area (Å²) in [5.74, 6) is -0.688. The van der Waals surface area contributed by atoms with E-state index in [1.54, 1.807) is 0 Å². The number of carboxylic acids is 1. The maximum absolute atomic E-state index is 13.6. The molecule has 0 aliphatic heterocycles. The van der Waals surface area contributed by atoms with Gasteiger partial charge in [-0.3, -0.25) is 0 Å². The van der Waals surface area contributed by atoms with Crippen molar-refractivity contribution in [2.45, 2.75) is 25.4 Å². The molecule has 1 aromatic carbocycles. The Morgan fingerprint density at radius 2 is 2.30 bits per heavy atom. The number of aromatic nitrogens is 2. The van der Waals surface area contributed by atoms with Crippen molar-refractivity contribution in [2.75, 3.05) is 0 Å². The second-order valence-electron chi connectivity index (χ2n) is 4.56. The van der Waals surface area contributed by atoms with Crippen molar-refractivity contribution in [1.29, 1.82) is 0 Å². The first kappa shape index (κ1) is 12.6. The molecule has 2 aromatic rings. The standard InChI is InChI=1S/C13H11FN2O4/c14-9-5-8(13(17)18)3-4-10(9)19-6-11-15-12(16-20-11)7-1-2-7/h3-5,7H,1-2,6H2,(H,17,18). The Hall–Kier alpha value is -2.44. The number of hydrogen-bond donors (Lipinski definition) is 1. The van der Waals surface area contributed by atoms with E-state index in [4.69, 9.17) is 14.4 Å². The summed E-state index contributed by atoms with van der Waals surface area (Å²) < 4.78 is 23.8. The van der Waals surface area contributed by atoms with E-state index in [0.29, 0.717) is 11.7 Å². The van der Waals surface area contributed by atoms with Gasteiger partial charge in [0.05, 0.1) is 5.56 Å². The molecule has 20 heavy (non-hydrogen) atoms. The van der Waals surface area contributed by atoms with Crippen molar-refractivity contribution < 1.29 is 23.6 Å². The van der Waals surface area contributed by atoms with Gasteiger partial charge in [-0.2, -0.15) is 4.98 Å². The van der Waals surface area contributed by atoms with Crippen LogP contribution in [0.3, 0.4) is 0 Å². The number of halogens is 1. The van der Waals surface area contributed by atoms with E-state index in [-0.39, 0.29) is 23.8 Å². The molecule has 0 amide bonds.